The molecule has 0 radical (unpaired) electrons. The Balaban J connectivity index is 1.14. The minimum atomic E-state index is -0.874. The molecule has 3 aromatic rings. The molecule has 3 aromatic carbocycles. The molecule has 0 spiro atoms. The van der Waals surface area contributed by atoms with E-state index in [9.17, 15) is 30.0 Å². The van der Waals surface area contributed by atoms with E-state index in [4.69, 9.17) is 4.74 Å². The third-order valence-electron chi connectivity index (χ3n) is 11.9. The van der Waals surface area contributed by atoms with Crippen LogP contribution in [0.15, 0.2) is 42.5 Å². The zero-order chi connectivity index (χ0) is 37.6. The van der Waals surface area contributed by atoms with E-state index in [2.05, 4.69) is 31.0 Å². The number of ketones is 2. The number of Topliss-reactive ketones (excluding diaryl/α,β-unsaturated/α-hetero) is 2. The molecule has 1 saturated carbocycles. The van der Waals surface area contributed by atoms with Crippen molar-refractivity contribution in [3.8, 4) is 29.1 Å². The summed E-state index contributed by atoms with van der Waals surface area (Å²) in [5.41, 5.74) is 3.50. The largest absolute Gasteiger partial charge is 0.508 e. The van der Waals surface area contributed by atoms with Gasteiger partial charge in [0.15, 0.2) is 17.3 Å². The van der Waals surface area contributed by atoms with Gasteiger partial charge in [0, 0.05) is 31.2 Å². The lowest BCUT2D eigenvalue weighted by Gasteiger charge is -2.39. The number of phenolic OH excluding ortho intramolecular Hbond substituents is 2. The molecule has 0 amide bonds. The van der Waals surface area contributed by atoms with E-state index in [1.165, 1.54) is 7.11 Å². The summed E-state index contributed by atoms with van der Waals surface area (Å²) in [6.07, 6.45) is 7.50. The van der Waals surface area contributed by atoms with Gasteiger partial charge in [-0.3, -0.25) is 9.59 Å². The standard InChI is InChI=1S/C45H57NO7/c1-27(2)18-34-21-36(48)20-30-8-9-33(22-38(30)34)41(49)16-12-29-11-15-37(43(51)17-13-31-23-45(53-3)44(52)25-39(29)31)42(50)7-5-4-6-28-19-32-10-14-35(47)24-40(32)46-26-28/h8-9,20-23,25,27-29,32,37,40-42,46,48-50,52H,4-7,10,12-14,16-19,24,26H2,1-3H3/t28-,29-,32+,37-,40-,41+,42-/m1/s1. The lowest BCUT2D eigenvalue weighted by Crippen LogP contribution is -2.48. The molecule has 1 heterocycles. The van der Waals surface area contributed by atoms with Crippen molar-refractivity contribution in [2.45, 2.75) is 121 Å². The highest BCUT2D eigenvalue weighted by molar-refractivity contribution is 5.88. The van der Waals surface area contributed by atoms with E-state index in [1.54, 1.807) is 24.3 Å². The maximum atomic E-state index is 13.6. The van der Waals surface area contributed by atoms with Crippen LogP contribution < -0.4 is 10.1 Å². The Kier molecular flexibility index (Phi) is 12.8. The summed E-state index contributed by atoms with van der Waals surface area (Å²) in [4.78, 5) is 25.4. The number of hydrogen-bond donors (Lipinski definition) is 5. The second-order valence-electron chi connectivity index (χ2n) is 16.3. The van der Waals surface area contributed by atoms with E-state index in [0.29, 0.717) is 73.9 Å². The van der Waals surface area contributed by atoms with Gasteiger partial charge in [-0.05, 0) is 139 Å². The van der Waals surface area contributed by atoms with Crippen molar-refractivity contribution >= 4 is 22.3 Å². The Bertz CT molecular complexity index is 1840. The number of unbranched alkanes of at least 4 members (excludes halogenated alkanes) is 1. The first-order valence-corrected chi connectivity index (χ1v) is 19.8. The molecule has 8 nitrogen and oxygen atoms in total. The third kappa shape index (κ3) is 9.62. The maximum absolute atomic E-state index is 13.6. The molecule has 5 N–H and O–H groups in total. The summed E-state index contributed by atoms with van der Waals surface area (Å²) in [5.74, 6) is 7.73. The van der Waals surface area contributed by atoms with Gasteiger partial charge >= 0.3 is 0 Å². The average molecular weight is 724 g/mol. The molecule has 8 heteroatoms. The van der Waals surface area contributed by atoms with E-state index in [-0.39, 0.29) is 29.6 Å². The van der Waals surface area contributed by atoms with Crippen LogP contribution in [-0.2, 0) is 22.4 Å². The monoisotopic (exact) mass is 723 g/mol. The molecular formula is C45H57NO7. The highest BCUT2D eigenvalue weighted by Crippen LogP contribution is 2.39. The normalized spacial score (nSPS) is 24.3. The topological polar surface area (TPSA) is 136 Å². The van der Waals surface area contributed by atoms with E-state index in [0.717, 1.165) is 78.1 Å². The number of carbonyl (C=O) groups excluding carboxylic acids is 2. The third-order valence-corrected chi connectivity index (χ3v) is 11.9. The average Bonchev–Trinajstić information content (AvgIpc) is 3.19. The Morgan fingerprint density at radius 1 is 0.943 bits per heavy atom. The maximum Gasteiger partial charge on any atom is 0.160 e. The molecule has 0 unspecified atom stereocenters. The molecule has 2 fully saturated rings. The number of phenols is 2. The summed E-state index contributed by atoms with van der Waals surface area (Å²) in [7, 11) is 1.50. The predicted octanol–water partition coefficient (Wildman–Crippen LogP) is 7.46. The van der Waals surface area contributed by atoms with Gasteiger partial charge < -0.3 is 30.5 Å². The quantitative estimate of drug-likeness (QED) is 0.0906. The fourth-order valence-electron chi connectivity index (χ4n) is 8.96. The molecule has 0 bridgehead atoms. The van der Waals surface area contributed by atoms with Gasteiger partial charge in [-0.1, -0.05) is 50.7 Å². The number of aliphatic hydroxyl groups is 2. The van der Waals surface area contributed by atoms with Crippen molar-refractivity contribution in [3.63, 3.8) is 0 Å². The van der Waals surface area contributed by atoms with Gasteiger partial charge in [-0.25, -0.2) is 0 Å². The predicted molar refractivity (Wildman–Crippen MR) is 207 cm³/mol. The van der Waals surface area contributed by atoms with Crippen molar-refractivity contribution in [2.75, 3.05) is 13.7 Å². The lowest BCUT2D eigenvalue weighted by molar-refractivity contribution is -0.124. The van der Waals surface area contributed by atoms with Crippen LogP contribution in [0.3, 0.4) is 0 Å². The number of rotatable bonds is 13. The van der Waals surface area contributed by atoms with Crippen molar-refractivity contribution in [3.05, 3.63) is 64.7 Å². The number of aryl methyl sites for hydroxylation is 1. The number of ether oxygens (including phenoxy) is 1. The number of hydrogen-bond acceptors (Lipinski definition) is 8. The summed E-state index contributed by atoms with van der Waals surface area (Å²) in [5, 5.41) is 49.5. The van der Waals surface area contributed by atoms with Crippen LogP contribution in [0.2, 0.25) is 0 Å². The Labute approximate surface area is 314 Å². The second-order valence-corrected chi connectivity index (χ2v) is 16.3. The fraction of sp³-hybridized carbons (Fsp3) is 0.556. The van der Waals surface area contributed by atoms with Crippen LogP contribution in [-0.4, -0.2) is 57.8 Å². The smallest absolute Gasteiger partial charge is 0.160 e. The summed E-state index contributed by atoms with van der Waals surface area (Å²) in [6, 6.07) is 13.2. The lowest BCUT2D eigenvalue weighted by atomic mass is 9.74. The number of piperidine rings is 1. The molecule has 2 aliphatic carbocycles. The zero-order valence-electron chi connectivity index (χ0n) is 31.6. The molecule has 53 heavy (non-hydrogen) atoms. The molecule has 3 aliphatic rings. The number of aliphatic hydroxyl groups excluding tert-OH is 2. The number of methoxy groups -OCH3 is 1. The van der Waals surface area contributed by atoms with Crippen molar-refractivity contribution in [1.29, 1.82) is 0 Å². The second kappa shape index (κ2) is 17.5. The number of aromatic hydroxyl groups is 2. The highest BCUT2D eigenvalue weighted by atomic mass is 16.5. The molecule has 1 aliphatic heterocycles. The van der Waals surface area contributed by atoms with Crippen molar-refractivity contribution < 1.29 is 34.8 Å². The van der Waals surface area contributed by atoms with Gasteiger partial charge in [-0.2, -0.15) is 0 Å². The van der Waals surface area contributed by atoms with Crippen LogP contribution >= 0.6 is 0 Å². The Hall–Kier alpha value is -3.90. The summed E-state index contributed by atoms with van der Waals surface area (Å²) < 4.78 is 5.41. The van der Waals surface area contributed by atoms with Gasteiger partial charge in [0.1, 0.15) is 17.5 Å². The van der Waals surface area contributed by atoms with Gasteiger partial charge in [0.25, 0.3) is 0 Å². The summed E-state index contributed by atoms with van der Waals surface area (Å²) >= 11 is 0. The molecule has 6 rings (SSSR count). The SMILES string of the molecule is COc1cc2c(cc1O)[C@@H](CC[C@H](O)c1ccc3cc(O)cc(CC(C)C)c3c1)C#C[C@H]([C@H](O)CCCC[C@H]1CN[C@@H]3CC(=O)CC[C@H]3C1)C(=O)CC2. The number of benzene rings is 3. The molecule has 0 aromatic heterocycles. The van der Waals surface area contributed by atoms with E-state index >= 15 is 0 Å². The molecule has 284 valence electrons. The van der Waals surface area contributed by atoms with Gasteiger partial charge in [0.2, 0.25) is 0 Å². The van der Waals surface area contributed by atoms with Gasteiger partial charge in [-0.15, -0.1) is 0 Å². The number of nitrogens with one attached hydrogen (secondary N) is 1. The van der Waals surface area contributed by atoms with E-state index < -0.39 is 18.1 Å². The van der Waals surface area contributed by atoms with Crippen molar-refractivity contribution in [1.82, 2.24) is 5.32 Å². The first-order valence-electron chi connectivity index (χ1n) is 19.8. The van der Waals surface area contributed by atoms with E-state index in [1.807, 2.05) is 18.2 Å². The minimum absolute atomic E-state index is 0.00289. The number of carbonyl (C=O) groups is 2. The molecular weight excluding hydrogens is 666 g/mol. The fourth-order valence-corrected chi connectivity index (χ4v) is 8.96. The first-order chi connectivity index (χ1) is 25.5. The Morgan fingerprint density at radius 2 is 1.77 bits per heavy atom. The van der Waals surface area contributed by atoms with Crippen LogP contribution in [0.25, 0.3) is 10.8 Å². The number of fused-ring (bicyclic) bond motifs is 3. The van der Waals surface area contributed by atoms with Crippen molar-refractivity contribution in [2.24, 2.45) is 23.7 Å². The minimum Gasteiger partial charge on any atom is -0.508 e. The highest BCUT2D eigenvalue weighted by Gasteiger charge is 2.34. The summed E-state index contributed by atoms with van der Waals surface area (Å²) in [6.45, 7) is 5.22. The van der Waals surface area contributed by atoms with Crippen LogP contribution in [0.5, 0.6) is 17.2 Å². The van der Waals surface area contributed by atoms with Crippen LogP contribution in [0, 0.1) is 35.5 Å². The molecule has 1 saturated heterocycles. The van der Waals surface area contributed by atoms with Gasteiger partial charge in [0.05, 0.1) is 19.3 Å². The Morgan fingerprint density at radius 3 is 2.57 bits per heavy atom. The zero-order valence-corrected chi connectivity index (χ0v) is 31.6. The first kappa shape index (κ1) is 38.8. The molecule has 7 atom stereocenters. The van der Waals surface area contributed by atoms with Crippen LogP contribution in [0.4, 0.5) is 0 Å². The van der Waals surface area contributed by atoms with Crippen LogP contribution in [0.1, 0.15) is 119 Å².